The van der Waals surface area contributed by atoms with Gasteiger partial charge < -0.3 is 13.8 Å². The Labute approximate surface area is 132 Å². The quantitative estimate of drug-likeness (QED) is 0.500. The summed E-state index contributed by atoms with van der Waals surface area (Å²) in [6.45, 7) is 8.57. The zero-order valence-corrected chi connectivity index (χ0v) is 14.6. The van der Waals surface area contributed by atoms with Crippen LogP contribution in [-0.2, 0) is 24.5 Å². The van der Waals surface area contributed by atoms with Crippen molar-refractivity contribution < 1.29 is 23.1 Å². The molecule has 5 nitrogen and oxygen atoms in total. The first-order valence-corrected chi connectivity index (χ1v) is 9.27. The molecule has 0 N–H and O–H groups in total. The molecule has 0 spiro atoms. The number of ether oxygens (including phenoxy) is 1. The highest BCUT2D eigenvalue weighted by Gasteiger charge is 2.24. The van der Waals surface area contributed by atoms with Gasteiger partial charge in [0.2, 0.25) is 0 Å². The van der Waals surface area contributed by atoms with E-state index in [0.29, 0.717) is 31.3 Å². The number of benzene rings is 1. The van der Waals surface area contributed by atoms with Crippen LogP contribution in [0.2, 0.25) is 0 Å². The van der Waals surface area contributed by atoms with Crippen molar-refractivity contribution >= 4 is 13.6 Å². The van der Waals surface area contributed by atoms with Gasteiger partial charge in [0.25, 0.3) is 0 Å². The molecule has 6 heteroatoms. The minimum absolute atomic E-state index is 0.190. The van der Waals surface area contributed by atoms with Crippen LogP contribution in [0.25, 0.3) is 0 Å². The molecule has 0 atom stereocenters. The molecule has 0 aliphatic rings. The second-order valence-electron chi connectivity index (χ2n) is 5.29. The van der Waals surface area contributed by atoms with Crippen LogP contribution in [0.5, 0.6) is 0 Å². The van der Waals surface area contributed by atoms with Gasteiger partial charge in [0.05, 0.1) is 31.5 Å². The van der Waals surface area contributed by atoms with Gasteiger partial charge in [0, 0.05) is 0 Å². The molecule has 22 heavy (non-hydrogen) atoms. The highest BCUT2D eigenvalue weighted by Crippen LogP contribution is 2.51. The van der Waals surface area contributed by atoms with Gasteiger partial charge in [-0.05, 0) is 37.5 Å². The van der Waals surface area contributed by atoms with Gasteiger partial charge in [-0.25, -0.2) is 4.79 Å². The number of rotatable bonds is 9. The standard InChI is InChI=1S/C16H25O5P/c1-5-20-22(18,21-6-2)12-14-7-9-15(10-8-14)16(17)19-11-13(3)4/h7-10,13H,5-6,11-12H2,1-4H3. The topological polar surface area (TPSA) is 61.8 Å². The van der Waals surface area contributed by atoms with Crippen LogP contribution in [0, 0.1) is 5.92 Å². The fraction of sp³-hybridized carbons (Fsp3) is 0.562. The third-order valence-electron chi connectivity index (χ3n) is 2.77. The van der Waals surface area contributed by atoms with E-state index < -0.39 is 7.60 Å². The number of carbonyl (C=O) groups is 1. The Hall–Kier alpha value is -1.16. The average Bonchev–Trinajstić information content (AvgIpc) is 2.45. The lowest BCUT2D eigenvalue weighted by Gasteiger charge is -2.17. The number of carbonyl (C=O) groups excluding carboxylic acids is 1. The van der Waals surface area contributed by atoms with E-state index in [2.05, 4.69) is 0 Å². The molecular weight excluding hydrogens is 303 g/mol. The molecule has 0 unspecified atom stereocenters. The molecule has 1 rings (SSSR count). The van der Waals surface area contributed by atoms with Crippen molar-refractivity contribution in [1.29, 1.82) is 0 Å². The van der Waals surface area contributed by atoms with Gasteiger partial charge in [0.15, 0.2) is 0 Å². The highest BCUT2D eigenvalue weighted by atomic mass is 31.2. The van der Waals surface area contributed by atoms with Gasteiger partial charge >= 0.3 is 13.6 Å². The normalized spacial score (nSPS) is 11.7. The van der Waals surface area contributed by atoms with Crippen LogP contribution in [0.4, 0.5) is 0 Å². The monoisotopic (exact) mass is 328 g/mol. The third kappa shape index (κ3) is 6.30. The van der Waals surface area contributed by atoms with Gasteiger partial charge in [-0.1, -0.05) is 26.0 Å². The van der Waals surface area contributed by atoms with Gasteiger partial charge in [0.1, 0.15) is 0 Å². The molecule has 0 amide bonds. The smallest absolute Gasteiger partial charge is 0.338 e. The summed E-state index contributed by atoms with van der Waals surface area (Å²) in [7, 11) is -3.12. The van der Waals surface area contributed by atoms with Crippen molar-refractivity contribution in [2.45, 2.75) is 33.9 Å². The van der Waals surface area contributed by atoms with E-state index >= 15 is 0 Å². The lowest BCUT2D eigenvalue weighted by atomic mass is 10.1. The lowest BCUT2D eigenvalue weighted by Crippen LogP contribution is -2.10. The predicted octanol–water partition coefficient (Wildman–Crippen LogP) is 4.27. The van der Waals surface area contributed by atoms with Gasteiger partial charge in [-0.2, -0.15) is 0 Å². The number of hydrogen-bond acceptors (Lipinski definition) is 5. The summed E-state index contributed by atoms with van der Waals surface area (Å²) in [6, 6.07) is 6.83. The molecule has 1 aromatic rings. The van der Waals surface area contributed by atoms with E-state index in [1.54, 1.807) is 38.1 Å². The minimum atomic E-state index is -3.12. The van der Waals surface area contributed by atoms with E-state index in [0.717, 1.165) is 5.56 Å². The summed E-state index contributed by atoms with van der Waals surface area (Å²) in [5.74, 6) is -0.0514. The molecule has 1 aromatic carbocycles. The maximum absolute atomic E-state index is 12.4. The zero-order valence-electron chi connectivity index (χ0n) is 13.7. The second kappa shape index (κ2) is 9.09. The van der Waals surface area contributed by atoms with Crippen molar-refractivity contribution in [3.05, 3.63) is 35.4 Å². The molecule has 124 valence electrons. The molecule has 0 bridgehead atoms. The van der Waals surface area contributed by atoms with Crippen LogP contribution in [0.1, 0.15) is 43.6 Å². The molecule has 0 heterocycles. The van der Waals surface area contributed by atoms with Crippen molar-refractivity contribution in [3.63, 3.8) is 0 Å². The Balaban J connectivity index is 2.71. The van der Waals surface area contributed by atoms with Crippen LogP contribution < -0.4 is 0 Å². The zero-order chi connectivity index (χ0) is 16.6. The summed E-state index contributed by atoms with van der Waals surface area (Å²) in [5.41, 5.74) is 1.28. The summed E-state index contributed by atoms with van der Waals surface area (Å²) in [6.07, 6.45) is 0.190. The van der Waals surface area contributed by atoms with E-state index in [1.165, 1.54) is 0 Å². The fourth-order valence-electron chi connectivity index (χ4n) is 1.82. The minimum Gasteiger partial charge on any atom is -0.462 e. The SMILES string of the molecule is CCOP(=O)(Cc1ccc(C(=O)OCC(C)C)cc1)OCC. The molecule has 0 fully saturated rings. The Kier molecular flexibility index (Phi) is 7.80. The first kappa shape index (κ1) is 18.9. The molecular formula is C16H25O5P. The van der Waals surface area contributed by atoms with Crippen molar-refractivity contribution in [1.82, 2.24) is 0 Å². The van der Waals surface area contributed by atoms with Crippen LogP contribution in [-0.4, -0.2) is 25.8 Å². The Bertz CT molecular complexity index is 500. The van der Waals surface area contributed by atoms with E-state index in [-0.39, 0.29) is 12.1 Å². The molecule has 0 radical (unpaired) electrons. The fourth-order valence-corrected chi connectivity index (χ4v) is 3.52. The largest absolute Gasteiger partial charge is 0.462 e. The summed E-state index contributed by atoms with van der Waals surface area (Å²) < 4.78 is 28.1. The summed E-state index contributed by atoms with van der Waals surface area (Å²) >= 11 is 0. The number of esters is 1. The first-order chi connectivity index (χ1) is 10.4. The van der Waals surface area contributed by atoms with Gasteiger partial charge in [-0.15, -0.1) is 0 Å². The highest BCUT2D eigenvalue weighted by molar-refractivity contribution is 7.53. The maximum atomic E-state index is 12.4. The summed E-state index contributed by atoms with van der Waals surface area (Å²) in [5, 5.41) is 0. The van der Waals surface area contributed by atoms with Crippen molar-refractivity contribution in [2.24, 2.45) is 5.92 Å². The number of hydrogen-bond donors (Lipinski definition) is 0. The van der Waals surface area contributed by atoms with Crippen molar-refractivity contribution in [2.75, 3.05) is 19.8 Å². The third-order valence-corrected chi connectivity index (χ3v) is 4.82. The molecule has 0 saturated heterocycles. The summed E-state index contributed by atoms with van der Waals surface area (Å²) in [4.78, 5) is 11.8. The van der Waals surface area contributed by atoms with Gasteiger partial charge in [-0.3, -0.25) is 4.57 Å². The molecule has 0 aliphatic heterocycles. The Morgan fingerprint density at radius 2 is 1.64 bits per heavy atom. The predicted molar refractivity (Wildman–Crippen MR) is 86.1 cm³/mol. The average molecular weight is 328 g/mol. The van der Waals surface area contributed by atoms with Crippen LogP contribution in [0.15, 0.2) is 24.3 Å². The van der Waals surface area contributed by atoms with E-state index in [1.807, 2.05) is 13.8 Å². The maximum Gasteiger partial charge on any atom is 0.338 e. The van der Waals surface area contributed by atoms with Crippen LogP contribution >= 0.6 is 7.60 Å². The Morgan fingerprint density at radius 3 is 2.09 bits per heavy atom. The van der Waals surface area contributed by atoms with Crippen molar-refractivity contribution in [3.8, 4) is 0 Å². The Morgan fingerprint density at radius 1 is 1.09 bits per heavy atom. The molecule has 0 saturated carbocycles. The van der Waals surface area contributed by atoms with E-state index in [4.69, 9.17) is 13.8 Å². The molecule has 0 aliphatic carbocycles. The van der Waals surface area contributed by atoms with Crippen LogP contribution in [0.3, 0.4) is 0 Å². The van der Waals surface area contributed by atoms with E-state index in [9.17, 15) is 9.36 Å². The lowest BCUT2D eigenvalue weighted by molar-refractivity contribution is 0.0459. The second-order valence-corrected chi connectivity index (χ2v) is 7.35. The molecule has 0 aromatic heterocycles. The first-order valence-electron chi connectivity index (χ1n) is 7.54.